The zero-order valence-electron chi connectivity index (χ0n) is 22.5. The molecule has 2 amide bonds. The molecule has 3 aromatic rings. The Bertz CT molecular complexity index is 1270. The molecular formula is C31H34N2O7. The fourth-order valence-electron chi connectivity index (χ4n) is 4.82. The lowest BCUT2D eigenvalue weighted by atomic mass is 9.98. The minimum atomic E-state index is -1.33. The maximum absolute atomic E-state index is 13.1. The summed E-state index contributed by atoms with van der Waals surface area (Å²) >= 11 is 0. The number of carbonyl (C=O) groups is 3. The molecule has 3 N–H and O–H groups in total. The molecule has 9 nitrogen and oxygen atoms in total. The van der Waals surface area contributed by atoms with Crippen molar-refractivity contribution in [3.63, 3.8) is 0 Å². The first-order chi connectivity index (χ1) is 19.4. The Morgan fingerprint density at radius 1 is 0.875 bits per heavy atom. The van der Waals surface area contributed by atoms with Gasteiger partial charge in [0.1, 0.15) is 12.6 Å². The molecule has 0 radical (unpaired) electrons. The number of carboxylic acid groups (broad SMARTS) is 1. The molecule has 4 rings (SSSR count). The van der Waals surface area contributed by atoms with E-state index in [0.717, 1.165) is 27.8 Å². The van der Waals surface area contributed by atoms with Crippen molar-refractivity contribution < 1.29 is 33.7 Å². The molecular weight excluding hydrogens is 512 g/mol. The van der Waals surface area contributed by atoms with Crippen molar-refractivity contribution in [1.29, 1.82) is 0 Å². The van der Waals surface area contributed by atoms with E-state index in [1.807, 2.05) is 78.9 Å². The van der Waals surface area contributed by atoms with E-state index in [9.17, 15) is 19.5 Å². The summed E-state index contributed by atoms with van der Waals surface area (Å²) < 4.78 is 16.4. The van der Waals surface area contributed by atoms with Crippen LogP contribution < -0.4 is 10.6 Å². The summed E-state index contributed by atoms with van der Waals surface area (Å²) in [7, 11) is 1.47. The van der Waals surface area contributed by atoms with Crippen molar-refractivity contribution in [2.24, 2.45) is 0 Å². The highest BCUT2D eigenvalue weighted by molar-refractivity contribution is 5.89. The van der Waals surface area contributed by atoms with Crippen molar-refractivity contribution in [2.75, 3.05) is 20.3 Å². The topological polar surface area (TPSA) is 123 Å². The highest BCUT2D eigenvalue weighted by atomic mass is 16.5. The van der Waals surface area contributed by atoms with Crippen LogP contribution in [0.25, 0.3) is 11.1 Å². The third-order valence-electron chi connectivity index (χ3n) is 6.95. The fraction of sp³-hybridized carbons (Fsp3) is 0.323. The average molecular weight is 547 g/mol. The monoisotopic (exact) mass is 546 g/mol. The first kappa shape index (κ1) is 28.8. The Balaban J connectivity index is 1.37. The van der Waals surface area contributed by atoms with Crippen LogP contribution in [0.15, 0.2) is 78.9 Å². The van der Waals surface area contributed by atoms with Crippen LogP contribution in [-0.2, 0) is 30.4 Å². The van der Waals surface area contributed by atoms with Crippen molar-refractivity contribution in [3.8, 4) is 11.1 Å². The Kier molecular flexibility index (Phi) is 9.88. The van der Waals surface area contributed by atoms with Crippen LogP contribution in [0.1, 0.15) is 36.0 Å². The van der Waals surface area contributed by atoms with Gasteiger partial charge >= 0.3 is 12.1 Å². The number of amides is 2. The predicted octanol–water partition coefficient (Wildman–Crippen LogP) is 4.10. The number of carbonyl (C=O) groups excluding carboxylic acids is 2. The van der Waals surface area contributed by atoms with E-state index in [-0.39, 0.29) is 32.2 Å². The van der Waals surface area contributed by atoms with Crippen LogP contribution in [0, 0.1) is 0 Å². The Hall–Kier alpha value is -4.21. The van der Waals surface area contributed by atoms with Crippen molar-refractivity contribution >= 4 is 18.0 Å². The van der Waals surface area contributed by atoms with Crippen LogP contribution in [0.5, 0.6) is 0 Å². The minimum Gasteiger partial charge on any atom is -0.480 e. The van der Waals surface area contributed by atoms with Crippen molar-refractivity contribution in [3.05, 3.63) is 95.6 Å². The zero-order chi connectivity index (χ0) is 28.5. The Morgan fingerprint density at radius 3 is 2.08 bits per heavy atom. The molecule has 1 unspecified atom stereocenters. The number of hydrogen-bond donors (Lipinski definition) is 3. The number of aliphatic carboxylic acids is 1. The number of methoxy groups -OCH3 is 1. The van der Waals surface area contributed by atoms with E-state index in [1.165, 1.54) is 7.11 Å². The maximum Gasteiger partial charge on any atom is 0.407 e. The van der Waals surface area contributed by atoms with Gasteiger partial charge in [0.25, 0.3) is 0 Å². The maximum atomic E-state index is 13.1. The number of ether oxygens (including phenoxy) is 3. The van der Waals surface area contributed by atoms with Gasteiger partial charge in [0.15, 0.2) is 6.04 Å². The zero-order valence-corrected chi connectivity index (χ0v) is 22.5. The SMILES string of the molecule is COCCC(NC(=O)OCC1c2ccccc2-c2ccccc21)C(=O)N[C@H](C(=O)O)[C@@H](C)OCc1ccccc1. The van der Waals surface area contributed by atoms with Gasteiger partial charge in [-0.1, -0.05) is 78.9 Å². The number of benzene rings is 3. The van der Waals surface area contributed by atoms with Gasteiger partial charge in [-0.2, -0.15) is 0 Å². The number of rotatable bonds is 13. The molecule has 0 bridgehead atoms. The summed E-state index contributed by atoms with van der Waals surface area (Å²) in [6.07, 6.45) is -1.49. The molecule has 0 spiro atoms. The van der Waals surface area contributed by atoms with E-state index in [4.69, 9.17) is 14.2 Å². The first-order valence-electron chi connectivity index (χ1n) is 13.2. The largest absolute Gasteiger partial charge is 0.480 e. The standard InChI is InChI=1S/C31H34N2O7/c1-20(39-18-21-10-4-3-5-11-21)28(30(35)36)33-29(34)27(16-17-38-2)32-31(37)40-19-26-24-14-8-6-12-22(24)23-13-7-9-15-25(23)26/h3-15,20,26-28H,16-19H2,1-2H3,(H,32,37)(H,33,34)(H,35,36)/t20-,27?,28+/m1/s1. The molecule has 0 saturated heterocycles. The summed E-state index contributed by atoms with van der Waals surface area (Å²) in [5, 5.41) is 14.8. The number of hydrogen-bond acceptors (Lipinski definition) is 6. The van der Waals surface area contributed by atoms with Gasteiger partial charge in [0, 0.05) is 26.1 Å². The Morgan fingerprint density at radius 2 is 1.48 bits per heavy atom. The van der Waals surface area contributed by atoms with Crippen LogP contribution in [-0.4, -0.2) is 61.6 Å². The lowest BCUT2D eigenvalue weighted by Crippen LogP contribution is -2.55. The van der Waals surface area contributed by atoms with E-state index >= 15 is 0 Å². The number of fused-ring (bicyclic) bond motifs is 3. The molecule has 0 heterocycles. The highest BCUT2D eigenvalue weighted by Gasteiger charge is 2.32. The molecule has 40 heavy (non-hydrogen) atoms. The molecule has 210 valence electrons. The van der Waals surface area contributed by atoms with Crippen LogP contribution in [0.2, 0.25) is 0 Å². The second-order valence-corrected chi connectivity index (χ2v) is 9.63. The molecule has 3 aromatic carbocycles. The molecule has 1 aliphatic carbocycles. The molecule has 0 saturated carbocycles. The van der Waals surface area contributed by atoms with E-state index < -0.39 is 36.2 Å². The molecule has 0 aromatic heterocycles. The van der Waals surface area contributed by atoms with Gasteiger partial charge in [-0.05, 0) is 34.7 Å². The molecule has 3 atom stereocenters. The first-order valence-corrected chi connectivity index (χ1v) is 13.2. The summed E-state index contributed by atoms with van der Waals surface area (Å²) in [5.74, 6) is -2.06. The number of alkyl carbamates (subject to hydrolysis) is 1. The third kappa shape index (κ3) is 7.05. The van der Waals surface area contributed by atoms with Gasteiger partial charge in [-0.25, -0.2) is 9.59 Å². The van der Waals surface area contributed by atoms with Crippen LogP contribution in [0.3, 0.4) is 0 Å². The van der Waals surface area contributed by atoms with E-state index in [0.29, 0.717) is 0 Å². The third-order valence-corrected chi connectivity index (χ3v) is 6.95. The fourth-order valence-corrected chi connectivity index (χ4v) is 4.82. The van der Waals surface area contributed by atoms with Gasteiger partial charge in [0.2, 0.25) is 5.91 Å². The van der Waals surface area contributed by atoms with Crippen molar-refractivity contribution in [1.82, 2.24) is 10.6 Å². The van der Waals surface area contributed by atoms with E-state index in [1.54, 1.807) is 6.92 Å². The second-order valence-electron chi connectivity index (χ2n) is 9.63. The van der Waals surface area contributed by atoms with Crippen LogP contribution in [0.4, 0.5) is 4.79 Å². The van der Waals surface area contributed by atoms with Gasteiger partial charge in [-0.3, -0.25) is 4.79 Å². The summed E-state index contributed by atoms with van der Waals surface area (Å²) in [4.78, 5) is 37.9. The number of carboxylic acids is 1. The quantitative estimate of drug-likeness (QED) is 0.295. The normalized spacial score (nSPS) is 14.3. The minimum absolute atomic E-state index is 0.0839. The smallest absolute Gasteiger partial charge is 0.407 e. The summed E-state index contributed by atoms with van der Waals surface area (Å²) in [5.41, 5.74) is 5.22. The van der Waals surface area contributed by atoms with Gasteiger partial charge < -0.3 is 30.0 Å². The molecule has 1 aliphatic rings. The predicted molar refractivity (Wildman–Crippen MR) is 149 cm³/mol. The molecule has 9 heteroatoms. The highest BCUT2D eigenvalue weighted by Crippen LogP contribution is 2.44. The van der Waals surface area contributed by atoms with Crippen molar-refractivity contribution in [2.45, 2.75) is 44.1 Å². The average Bonchev–Trinajstić information content (AvgIpc) is 3.29. The summed E-state index contributed by atoms with van der Waals surface area (Å²) in [6.45, 7) is 2.01. The number of nitrogens with one attached hydrogen (secondary N) is 2. The molecule has 0 aliphatic heterocycles. The van der Waals surface area contributed by atoms with Gasteiger partial charge in [0.05, 0.1) is 12.7 Å². The van der Waals surface area contributed by atoms with E-state index in [2.05, 4.69) is 10.6 Å². The second kappa shape index (κ2) is 13.7. The van der Waals surface area contributed by atoms with Gasteiger partial charge in [-0.15, -0.1) is 0 Å². The lowest BCUT2D eigenvalue weighted by molar-refractivity contribution is -0.146. The lowest BCUT2D eigenvalue weighted by Gasteiger charge is -2.25. The molecule has 0 fully saturated rings. The summed E-state index contributed by atoms with van der Waals surface area (Å²) in [6, 6.07) is 22.9. The van der Waals surface area contributed by atoms with Crippen LogP contribution >= 0.6 is 0 Å². The Labute approximate surface area is 233 Å².